The summed E-state index contributed by atoms with van der Waals surface area (Å²) >= 11 is 2.15. The zero-order chi connectivity index (χ0) is 9.98. The van der Waals surface area contributed by atoms with Crippen LogP contribution in [0.25, 0.3) is 0 Å². The molecule has 1 atom stereocenters. The molecule has 0 rings (SSSR count). The van der Waals surface area contributed by atoms with Gasteiger partial charge < -0.3 is 10.0 Å². The molecular formula is C8H17IN2O. The number of halogens is 1. The van der Waals surface area contributed by atoms with E-state index in [0.717, 1.165) is 13.1 Å². The molecule has 0 bridgehead atoms. The molecule has 0 fully saturated rings. The van der Waals surface area contributed by atoms with Gasteiger partial charge in [0, 0.05) is 6.54 Å². The SMILES string of the molecule is CCN(CC)CC(O)C#N.CI. The average Bonchev–Trinajstić information content (AvgIpc) is 2.16. The second kappa shape index (κ2) is 11.1. The van der Waals surface area contributed by atoms with Crippen LogP contribution >= 0.6 is 22.6 Å². The molecule has 0 aliphatic carbocycles. The van der Waals surface area contributed by atoms with Crippen LogP contribution in [0.2, 0.25) is 0 Å². The second-order valence-corrected chi connectivity index (χ2v) is 2.13. The van der Waals surface area contributed by atoms with Gasteiger partial charge in [-0.3, -0.25) is 0 Å². The molecule has 0 heterocycles. The number of hydrogen-bond donors (Lipinski definition) is 1. The quantitative estimate of drug-likeness (QED) is 0.480. The fourth-order valence-electron chi connectivity index (χ4n) is 0.767. The molecule has 3 nitrogen and oxygen atoms in total. The first-order valence-corrected chi connectivity index (χ1v) is 6.08. The number of hydrogen-bond acceptors (Lipinski definition) is 3. The van der Waals surface area contributed by atoms with Crippen LogP contribution in [-0.4, -0.2) is 40.7 Å². The second-order valence-electron chi connectivity index (χ2n) is 2.13. The normalized spacial score (nSPS) is 11.4. The highest BCUT2D eigenvalue weighted by Crippen LogP contribution is 1.89. The van der Waals surface area contributed by atoms with Gasteiger partial charge in [0.15, 0.2) is 6.10 Å². The van der Waals surface area contributed by atoms with Gasteiger partial charge in [-0.05, 0) is 18.0 Å². The lowest BCUT2D eigenvalue weighted by Gasteiger charge is -2.17. The summed E-state index contributed by atoms with van der Waals surface area (Å²) in [6.07, 6.45) is -0.833. The Balaban J connectivity index is 0. The summed E-state index contributed by atoms with van der Waals surface area (Å²) < 4.78 is 0. The Labute approximate surface area is 88.5 Å². The monoisotopic (exact) mass is 284 g/mol. The minimum Gasteiger partial charge on any atom is -0.377 e. The number of likely N-dealkylation sites (N-methyl/N-ethyl adjacent to an activating group) is 1. The third kappa shape index (κ3) is 8.24. The van der Waals surface area contributed by atoms with Crippen LogP contribution in [0.4, 0.5) is 0 Å². The van der Waals surface area contributed by atoms with E-state index in [0.29, 0.717) is 6.54 Å². The van der Waals surface area contributed by atoms with Gasteiger partial charge in [0.1, 0.15) is 0 Å². The van der Waals surface area contributed by atoms with Gasteiger partial charge >= 0.3 is 0 Å². The lowest BCUT2D eigenvalue weighted by Crippen LogP contribution is -2.31. The van der Waals surface area contributed by atoms with Crippen LogP contribution < -0.4 is 0 Å². The largest absolute Gasteiger partial charge is 0.377 e. The Morgan fingerprint density at radius 1 is 1.42 bits per heavy atom. The molecule has 0 aromatic rings. The highest BCUT2D eigenvalue weighted by Gasteiger charge is 2.05. The molecule has 0 aromatic heterocycles. The molecule has 0 saturated carbocycles. The Kier molecular flexibility index (Phi) is 13.6. The number of nitrogens with zero attached hydrogens (tertiary/aromatic N) is 2. The van der Waals surface area contributed by atoms with E-state index in [1.165, 1.54) is 0 Å². The van der Waals surface area contributed by atoms with Gasteiger partial charge in [-0.1, -0.05) is 36.4 Å². The fraction of sp³-hybridized carbons (Fsp3) is 0.875. The molecule has 0 spiro atoms. The Morgan fingerprint density at radius 2 is 1.83 bits per heavy atom. The summed E-state index contributed by atoms with van der Waals surface area (Å²) in [6.45, 7) is 6.25. The molecule has 12 heavy (non-hydrogen) atoms. The third-order valence-electron chi connectivity index (χ3n) is 1.47. The van der Waals surface area contributed by atoms with Gasteiger partial charge in [0.05, 0.1) is 6.07 Å². The smallest absolute Gasteiger partial charge is 0.153 e. The first-order chi connectivity index (χ1) is 5.74. The van der Waals surface area contributed by atoms with Gasteiger partial charge in [-0.25, -0.2) is 0 Å². The summed E-state index contributed by atoms with van der Waals surface area (Å²) in [4.78, 5) is 3.98. The first-order valence-electron chi connectivity index (χ1n) is 3.92. The highest BCUT2D eigenvalue weighted by molar-refractivity contribution is 14.1. The summed E-state index contributed by atoms with van der Waals surface area (Å²) in [5.41, 5.74) is 0. The van der Waals surface area contributed by atoms with Crippen molar-refractivity contribution in [2.24, 2.45) is 0 Å². The average molecular weight is 284 g/mol. The fourth-order valence-corrected chi connectivity index (χ4v) is 0.767. The van der Waals surface area contributed by atoms with E-state index in [2.05, 4.69) is 22.6 Å². The Bertz CT molecular complexity index is 121. The molecule has 0 aliphatic heterocycles. The van der Waals surface area contributed by atoms with Crippen LogP contribution in [-0.2, 0) is 0 Å². The maximum absolute atomic E-state index is 8.89. The number of aliphatic hydroxyl groups is 1. The van der Waals surface area contributed by atoms with E-state index in [9.17, 15) is 0 Å². The van der Waals surface area contributed by atoms with Crippen molar-refractivity contribution < 1.29 is 5.11 Å². The zero-order valence-electron chi connectivity index (χ0n) is 7.92. The molecule has 0 radical (unpaired) electrons. The van der Waals surface area contributed by atoms with Crippen molar-refractivity contribution >= 4 is 22.6 Å². The summed E-state index contributed by atoms with van der Waals surface area (Å²) in [5, 5.41) is 17.1. The molecule has 72 valence electrons. The third-order valence-corrected chi connectivity index (χ3v) is 1.47. The van der Waals surface area contributed by atoms with Crippen LogP contribution in [0.5, 0.6) is 0 Å². The molecule has 1 unspecified atom stereocenters. The van der Waals surface area contributed by atoms with Crippen molar-refractivity contribution in [3.8, 4) is 6.07 Å². The van der Waals surface area contributed by atoms with E-state index >= 15 is 0 Å². The molecule has 0 amide bonds. The minimum atomic E-state index is -0.833. The van der Waals surface area contributed by atoms with Gasteiger partial charge in [0.2, 0.25) is 0 Å². The van der Waals surface area contributed by atoms with E-state index in [1.54, 1.807) is 6.07 Å². The predicted octanol–water partition coefficient (Wildman–Crippen LogP) is 1.26. The zero-order valence-corrected chi connectivity index (χ0v) is 10.1. The minimum absolute atomic E-state index is 0.462. The van der Waals surface area contributed by atoms with Gasteiger partial charge in [-0.2, -0.15) is 5.26 Å². The molecule has 0 saturated heterocycles. The molecule has 0 aliphatic rings. The maximum atomic E-state index is 8.89. The van der Waals surface area contributed by atoms with Crippen molar-refractivity contribution in [2.45, 2.75) is 20.0 Å². The van der Waals surface area contributed by atoms with Crippen LogP contribution in [0, 0.1) is 11.3 Å². The predicted molar refractivity (Wildman–Crippen MR) is 59.4 cm³/mol. The van der Waals surface area contributed by atoms with Crippen molar-refractivity contribution in [1.29, 1.82) is 5.26 Å². The number of rotatable bonds is 4. The van der Waals surface area contributed by atoms with Crippen LogP contribution in [0.3, 0.4) is 0 Å². The van der Waals surface area contributed by atoms with Crippen molar-refractivity contribution in [3.63, 3.8) is 0 Å². The number of aliphatic hydroxyl groups excluding tert-OH is 1. The van der Waals surface area contributed by atoms with Crippen LogP contribution in [0.15, 0.2) is 0 Å². The molecule has 1 N–H and O–H groups in total. The topological polar surface area (TPSA) is 47.3 Å². The highest BCUT2D eigenvalue weighted by atomic mass is 127. The summed E-state index contributed by atoms with van der Waals surface area (Å²) in [6, 6.07) is 1.78. The van der Waals surface area contributed by atoms with E-state index in [1.807, 2.05) is 23.7 Å². The van der Waals surface area contributed by atoms with Crippen molar-refractivity contribution in [1.82, 2.24) is 4.90 Å². The number of alkyl halides is 1. The Morgan fingerprint density at radius 3 is 2.08 bits per heavy atom. The van der Waals surface area contributed by atoms with Crippen LogP contribution in [0.1, 0.15) is 13.8 Å². The molecular weight excluding hydrogens is 267 g/mol. The van der Waals surface area contributed by atoms with Crippen molar-refractivity contribution in [3.05, 3.63) is 0 Å². The van der Waals surface area contributed by atoms with Gasteiger partial charge in [0.25, 0.3) is 0 Å². The summed E-state index contributed by atoms with van der Waals surface area (Å²) in [5.74, 6) is 0. The first kappa shape index (κ1) is 14.7. The maximum Gasteiger partial charge on any atom is 0.153 e. The van der Waals surface area contributed by atoms with Crippen molar-refractivity contribution in [2.75, 3.05) is 24.6 Å². The van der Waals surface area contributed by atoms with E-state index < -0.39 is 6.10 Å². The standard InChI is InChI=1S/C7H14N2O.CH3I/c1-3-9(4-2)6-7(10)5-8;1-2/h7,10H,3-4,6H2,1-2H3;1H3. The summed E-state index contributed by atoms with van der Waals surface area (Å²) in [7, 11) is 0. The number of nitriles is 1. The van der Waals surface area contributed by atoms with E-state index in [4.69, 9.17) is 10.4 Å². The molecule has 4 heteroatoms. The molecule has 0 aromatic carbocycles. The van der Waals surface area contributed by atoms with E-state index in [-0.39, 0.29) is 0 Å². The lowest BCUT2D eigenvalue weighted by molar-refractivity contribution is 0.159. The Hall–Kier alpha value is 0.140. The van der Waals surface area contributed by atoms with Gasteiger partial charge in [-0.15, -0.1) is 0 Å². The lowest BCUT2D eigenvalue weighted by atomic mass is 10.3.